The van der Waals surface area contributed by atoms with E-state index >= 15 is 0 Å². The van der Waals surface area contributed by atoms with Gasteiger partial charge in [0, 0.05) is 24.0 Å². The zero-order chi connectivity index (χ0) is 16.6. The number of ether oxygens (including phenoxy) is 2. The SMILES string of the molecule is CC(C)Oc1ccccc1NC(=O)N[C@@H]1[C@@H]2CCO[C@@H]2C1(C)C. The number of benzene rings is 1. The van der Waals surface area contributed by atoms with E-state index in [0.29, 0.717) is 17.4 Å². The summed E-state index contributed by atoms with van der Waals surface area (Å²) in [5, 5.41) is 6.04. The molecule has 0 unspecified atom stereocenters. The fraction of sp³-hybridized carbons (Fsp3) is 0.611. The summed E-state index contributed by atoms with van der Waals surface area (Å²) >= 11 is 0. The van der Waals surface area contributed by atoms with E-state index in [0.717, 1.165) is 13.0 Å². The molecule has 2 amide bonds. The van der Waals surface area contributed by atoms with Crippen LogP contribution in [0.3, 0.4) is 0 Å². The molecule has 1 saturated carbocycles. The summed E-state index contributed by atoms with van der Waals surface area (Å²) in [6.45, 7) is 9.03. The second-order valence-corrected chi connectivity index (χ2v) is 7.30. The molecule has 23 heavy (non-hydrogen) atoms. The van der Waals surface area contributed by atoms with Crippen molar-refractivity contribution in [2.45, 2.75) is 52.4 Å². The van der Waals surface area contributed by atoms with E-state index in [9.17, 15) is 4.79 Å². The lowest BCUT2D eigenvalue weighted by atomic mass is 9.57. The van der Waals surface area contributed by atoms with Crippen LogP contribution in [0, 0.1) is 11.3 Å². The van der Waals surface area contributed by atoms with Crippen LogP contribution in [0.4, 0.5) is 10.5 Å². The second-order valence-electron chi connectivity index (χ2n) is 7.30. The van der Waals surface area contributed by atoms with Crippen molar-refractivity contribution in [2.24, 2.45) is 11.3 Å². The van der Waals surface area contributed by atoms with E-state index in [2.05, 4.69) is 24.5 Å². The highest BCUT2D eigenvalue weighted by Gasteiger charge is 2.59. The van der Waals surface area contributed by atoms with Crippen LogP contribution in [-0.2, 0) is 4.74 Å². The molecule has 0 radical (unpaired) electrons. The maximum absolute atomic E-state index is 12.4. The molecule has 1 aromatic rings. The number of urea groups is 1. The Morgan fingerprint density at radius 1 is 1.35 bits per heavy atom. The summed E-state index contributed by atoms with van der Waals surface area (Å²) in [6.07, 6.45) is 1.35. The lowest BCUT2D eigenvalue weighted by molar-refractivity contribution is -0.107. The molecule has 5 nitrogen and oxygen atoms in total. The topological polar surface area (TPSA) is 59.6 Å². The number of rotatable bonds is 4. The van der Waals surface area contributed by atoms with E-state index in [1.165, 1.54) is 0 Å². The number of nitrogens with one attached hydrogen (secondary N) is 2. The van der Waals surface area contributed by atoms with E-state index in [1.54, 1.807) is 0 Å². The first kappa shape index (κ1) is 16.1. The van der Waals surface area contributed by atoms with E-state index in [4.69, 9.17) is 9.47 Å². The average molecular weight is 318 g/mol. The summed E-state index contributed by atoms with van der Waals surface area (Å²) in [5.41, 5.74) is 0.668. The third-order valence-corrected chi connectivity index (χ3v) is 4.89. The molecule has 3 rings (SSSR count). The standard InChI is InChI=1S/C18H26N2O3/c1-11(2)23-14-8-6-5-7-13(14)19-17(21)20-15-12-9-10-22-16(12)18(15,3)4/h5-8,11-12,15-16H,9-10H2,1-4H3,(H2,19,20,21)/t12-,15+,16-/m0/s1. The van der Waals surface area contributed by atoms with Gasteiger partial charge in [-0.2, -0.15) is 0 Å². The minimum Gasteiger partial charge on any atom is -0.489 e. The molecule has 0 aromatic heterocycles. The quantitative estimate of drug-likeness (QED) is 0.894. The smallest absolute Gasteiger partial charge is 0.319 e. The van der Waals surface area contributed by atoms with Crippen LogP contribution in [0.15, 0.2) is 24.3 Å². The van der Waals surface area contributed by atoms with Crippen molar-refractivity contribution in [2.75, 3.05) is 11.9 Å². The number of anilines is 1. The molecular formula is C18H26N2O3. The zero-order valence-corrected chi connectivity index (χ0v) is 14.3. The molecule has 126 valence electrons. The molecule has 0 bridgehead atoms. The number of fused-ring (bicyclic) bond motifs is 1. The van der Waals surface area contributed by atoms with Crippen LogP contribution in [0.2, 0.25) is 0 Å². The molecule has 2 fully saturated rings. The van der Waals surface area contributed by atoms with Gasteiger partial charge >= 0.3 is 6.03 Å². The van der Waals surface area contributed by atoms with Gasteiger partial charge in [0.2, 0.25) is 0 Å². The Labute approximate surface area is 137 Å². The third kappa shape index (κ3) is 3.02. The van der Waals surface area contributed by atoms with Crippen LogP contribution in [0.25, 0.3) is 0 Å². The fourth-order valence-electron chi connectivity index (χ4n) is 3.84. The minimum atomic E-state index is -0.187. The molecule has 1 aliphatic carbocycles. The summed E-state index contributed by atoms with van der Waals surface area (Å²) in [4.78, 5) is 12.4. The Morgan fingerprint density at radius 2 is 2.09 bits per heavy atom. The van der Waals surface area contributed by atoms with Gasteiger partial charge in [-0.25, -0.2) is 4.79 Å². The Bertz CT molecular complexity index is 585. The number of carbonyl (C=O) groups is 1. The number of para-hydroxylation sites is 2. The van der Waals surface area contributed by atoms with E-state index in [-0.39, 0.29) is 29.7 Å². The summed E-state index contributed by atoms with van der Waals surface area (Å²) in [5.74, 6) is 1.12. The van der Waals surface area contributed by atoms with Crippen LogP contribution in [0.5, 0.6) is 5.75 Å². The molecule has 1 heterocycles. The van der Waals surface area contributed by atoms with E-state index in [1.807, 2.05) is 38.1 Å². The number of carbonyl (C=O) groups excluding carboxylic acids is 1. The number of amides is 2. The number of hydrogen-bond donors (Lipinski definition) is 2. The highest BCUT2D eigenvalue weighted by Crippen LogP contribution is 2.52. The van der Waals surface area contributed by atoms with E-state index < -0.39 is 0 Å². The zero-order valence-electron chi connectivity index (χ0n) is 14.3. The van der Waals surface area contributed by atoms with Gasteiger partial charge < -0.3 is 20.1 Å². The molecule has 5 heteroatoms. The van der Waals surface area contributed by atoms with Crippen molar-refractivity contribution in [1.82, 2.24) is 5.32 Å². The predicted octanol–water partition coefficient (Wildman–Crippen LogP) is 3.41. The van der Waals surface area contributed by atoms with Gasteiger partial charge in [0.05, 0.1) is 17.9 Å². The first-order chi connectivity index (χ1) is 10.9. The van der Waals surface area contributed by atoms with Gasteiger partial charge in [-0.3, -0.25) is 0 Å². The van der Waals surface area contributed by atoms with Crippen molar-refractivity contribution in [3.05, 3.63) is 24.3 Å². The predicted molar refractivity (Wildman–Crippen MR) is 89.8 cm³/mol. The van der Waals surface area contributed by atoms with Crippen LogP contribution < -0.4 is 15.4 Å². The summed E-state index contributed by atoms with van der Waals surface area (Å²) in [6, 6.07) is 7.46. The average Bonchev–Trinajstić information content (AvgIpc) is 2.93. The Balaban J connectivity index is 1.64. The Hall–Kier alpha value is -1.75. The summed E-state index contributed by atoms with van der Waals surface area (Å²) < 4.78 is 11.5. The molecule has 1 saturated heterocycles. The van der Waals surface area contributed by atoms with Gasteiger partial charge in [0.25, 0.3) is 0 Å². The van der Waals surface area contributed by atoms with Crippen molar-refractivity contribution >= 4 is 11.7 Å². The molecule has 0 spiro atoms. The fourth-order valence-corrected chi connectivity index (χ4v) is 3.84. The van der Waals surface area contributed by atoms with Gasteiger partial charge in [0.15, 0.2) is 0 Å². The van der Waals surface area contributed by atoms with Crippen molar-refractivity contribution in [1.29, 1.82) is 0 Å². The maximum atomic E-state index is 12.4. The maximum Gasteiger partial charge on any atom is 0.319 e. The van der Waals surface area contributed by atoms with Gasteiger partial charge in [-0.1, -0.05) is 26.0 Å². The minimum absolute atomic E-state index is 0.0214. The first-order valence-electron chi connectivity index (χ1n) is 8.34. The third-order valence-electron chi connectivity index (χ3n) is 4.89. The molecular weight excluding hydrogens is 292 g/mol. The Kier molecular flexibility index (Phi) is 4.23. The molecule has 3 atom stereocenters. The van der Waals surface area contributed by atoms with Crippen molar-refractivity contribution in [3.8, 4) is 5.75 Å². The lowest BCUT2D eigenvalue weighted by Crippen LogP contribution is -2.67. The van der Waals surface area contributed by atoms with Crippen LogP contribution in [-0.4, -0.2) is 30.9 Å². The highest BCUT2D eigenvalue weighted by atomic mass is 16.5. The molecule has 1 aliphatic heterocycles. The van der Waals surface area contributed by atoms with Crippen molar-refractivity contribution in [3.63, 3.8) is 0 Å². The second kappa shape index (κ2) is 6.04. The van der Waals surface area contributed by atoms with Crippen LogP contribution in [0.1, 0.15) is 34.1 Å². The number of hydrogen-bond acceptors (Lipinski definition) is 3. The van der Waals surface area contributed by atoms with Crippen LogP contribution >= 0.6 is 0 Å². The van der Waals surface area contributed by atoms with Crippen molar-refractivity contribution < 1.29 is 14.3 Å². The molecule has 2 aliphatic rings. The van der Waals surface area contributed by atoms with Gasteiger partial charge in [0.1, 0.15) is 5.75 Å². The normalized spacial score (nSPS) is 28.0. The highest BCUT2D eigenvalue weighted by molar-refractivity contribution is 5.91. The first-order valence-corrected chi connectivity index (χ1v) is 8.34. The molecule has 2 N–H and O–H groups in total. The van der Waals surface area contributed by atoms with Gasteiger partial charge in [-0.15, -0.1) is 0 Å². The van der Waals surface area contributed by atoms with Gasteiger partial charge in [-0.05, 0) is 32.4 Å². The molecule has 1 aromatic carbocycles. The monoisotopic (exact) mass is 318 g/mol. The summed E-state index contributed by atoms with van der Waals surface area (Å²) in [7, 11) is 0. The lowest BCUT2D eigenvalue weighted by Gasteiger charge is -2.54. The Morgan fingerprint density at radius 3 is 2.83 bits per heavy atom. The largest absolute Gasteiger partial charge is 0.489 e.